The van der Waals surface area contributed by atoms with Crippen LogP contribution in [-0.2, 0) is 6.54 Å². The van der Waals surface area contributed by atoms with E-state index in [9.17, 15) is 14.0 Å². The molecule has 1 fully saturated rings. The van der Waals surface area contributed by atoms with Gasteiger partial charge in [-0.15, -0.1) is 0 Å². The number of hydrogen-bond acceptors (Lipinski definition) is 2. The van der Waals surface area contributed by atoms with Crippen molar-refractivity contribution in [1.82, 2.24) is 9.88 Å². The van der Waals surface area contributed by atoms with Crippen LogP contribution < -0.4 is 5.56 Å². The first-order valence-corrected chi connectivity index (χ1v) is 6.88. The number of amides is 1. The first kappa shape index (κ1) is 13.5. The van der Waals surface area contributed by atoms with E-state index in [1.165, 1.54) is 24.4 Å². The number of nitrogens with one attached hydrogen (secondary N) is 1. The van der Waals surface area contributed by atoms with E-state index in [2.05, 4.69) is 4.98 Å². The lowest BCUT2D eigenvalue weighted by Crippen LogP contribution is -2.35. The molecule has 0 unspecified atom stereocenters. The van der Waals surface area contributed by atoms with Crippen LogP contribution in [0.5, 0.6) is 0 Å². The number of carbonyl (C=O) groups is 1. The van der Waals surface area contributed by atoms with Gasteiger partial charge < -0.3 is 9.88 Å². The maximum Gasteiger partial charge on any atom is 0.260 e. The Morgan fingerprint density at radius 2 is 2.10 bits per heavy atom. The molecule has 0 bridgehead atoms. The highest BCUT2D eigenvalue weighted by molar-refractivity contribution is 5.94. The summed E-state index contributed by atoms with van der Waals surface area (Å²) in [7, 11) is 0. The maximum absolute atomic E-state index is 13.3. The standard InChI is InChI=1S/C16H15FN2O2/c17-12-4-1-3-11(9-12)10-19(13-6-7-13)16(21)14-5-2-8-18-15(14)20/h1-5,8-9,13H,6-7,10H2,(H,18,20). The summed E-state index contributed by atoms with van der Waals surface area (Å²) in [5, 5.41) is 0. The van der Waals surface area contributed by atoms with E-state index >= 15 is 0 Å². The van der Waals surface area contributed by atoms with Gasteiger partial charge in [0.25, 0.3) is 11.5 Å². The quantitative estimate of drug-likeness (QED) is 0.937. The lowest BCUT2D eigenvalue weighted by Gasteiger charge is -2.22. The summed E-state index contributed by atoms with van der Waals surface area (Å²) in [5.74, 6) is -0.628. The predicted molar refractivity (Wildman–Crippen MR) is 76.4 cm³/mol. The summed E-state index contributed by atoms with van der Waals surface area (Å²) >= 11 is 0. The molecule has 0 atom stereocenters. The van der Waals surface area contributed by atoms with Crippen LogP contribution in [0.3, 0.4) is 0 Å². The summed E-state index contributed by atoms with van der Waals surface area (Å²) in [4.78, 5) is 28.5. The molecule has 0 aliphatic heterocycles. The van der Waals surface area contributed by atoms with Gasteiger partial charge in [-0.3, -0.25) is 9.59 Å². The van der Waals surface area contributed by atoms with E-state index in [4.69, 9.17) is 0 Å². The van der Waals surface area contributed by atoms with Crippen LogP contribution in [-0.4, -0.2) is 21.8 Å². The van der Waals surface area contributed by atoms with Crippen molar-refractivity contribution in [2.24, 2.45) is 0 Å². The zero-order valence-electron chi connectivity index (χ0n) is 11.4. The number of nitrogens with zero attached hydrogens (tertiary/aromatic N) is 1. The fourth-order valence-corrected chi connectivity index (χ4v) is 2.33. The predicted octanol–water partition coefficient (Wildman–Crippen LogP) is 2.32. The Morgan fingerprint density at radius 1 is 1.29 bits per heavy atom. The second-order valence-electron chi connectivity index (χ2n) is 5.21. The monoisotopic (exact) mass is 286 g/mol. The molecule has 1 aliphatic rings. The lowest BCUT2D eigenvalue weighted by molar-refractivity contribution is 0.0728. The zero-order valence-corrected chi connectivity index (χ0v) is 11.4. The number of rotatable bonds is 4. The molecule has 1 saturated carbocycles. The molecule has 108 valence electrons. The maximum atomic E-state index is 13.3. The number of benzene rings is 1. The van der Waals surface area contributed by atoms with Crippen molar-refractivity contribution in [1.29, 1.82) is 0 Å². The third-order valence-electron chi connectivity index (χ3n) is 3.54. The topological polar surface area (TPSA) is 53.2 Å². The van der Waals surface area contributed by atoms with Crippen LogP contribution in [0.25, 0.3) is 0 Å². The molecular formula is C16H15FN2O2. The molecule has 21 heavy (non-hydrogen) atoms. The minimum atomic E-state index is -0.396. The van der Waals surface area contributed by atoms with Gasteiger partial charge in [-0.25, -0.2) is 4.39 Å². The highest BCUT2D eigenvalue weighted by atomic mass is 19.1. The fourth-order valence-electron chi connectivity index (χ4n) is 2.33. The summed E-state index contributed by atoms with van der Waals surface area (Å²) in [6.45, 7) is 0.315. The van der Waals surface area contributed by atoms with Gasteiger partial charge in [-0.05, 0) is 42.7 Å². The van der Waals surface area contributed by atoms with Gasteiger partial charge in [0.15, 0.2) is 0 Å². The number of aromatic nitrogens is 1. The SMILES string of the molecule is O=C(c1ccc[nH]c1=O)N(Cc1cccc(F)c1)C1CC1. The molecule has 1 aliphatic carbocycles. The smallest absolute Gasteiger partial charge is 0.260 e. The number of hydrogen-bond donors (Lipinski definition) is 1. The average molecular weight is 286 g/mol. The summed E-state index contributed by atoms with van der Waals surface area (Å²) < 4.78 is 13.3. The summed E-state index contributed by atoms with van der Waals surface area (Å²) in [6.07, 6.45) is 3.34. The Labute approximate surface area is 121 Å². The molecule has 1 aromatic heterocycles. The largest absolute Gasteiger partial charge is 0.331 e. The molecule has 1 N–H and O–H groups in total. The second kappa shape index (κ2) is 5.52. The molecule has 0 saturated heterocycles. The first-order chi connectivity index (χ1) is 10.1. The van der Waals surface area contributed by atoms with Crippen molar-refractivity contribution in [3.8, 4) is 0 Å². The number of aromatic amines is 1. The molecule has 4 nitrogen and oxygen atoms in total. The molecule has 0 spiro atoms. The number of halogens is 1. The summed E-state index contributed by atoms with van der Waals surface area (Å²) in [5.41, 5.74) is 0.454. The minimum Gasteiger partial charge on any atom is -0.331 e. The van der Waals surface area contributed by atoms with E-state index in [-0.39, 0.29) is 23.3 Å². The normalized spacial score (nSPS) is 14.0. The van der Waals surface area contributed by atoms with Crippen molar-refractivity contribution in [2.75, 3.05) is 0 Å². The van der Waals surface area contributed by atoms with E-state index in [1.807, 2.05) is 0 Å². The van der Waals surface area contributed by atoms with E-state index < -0.39 is 5.56 Å². The van der Waals surface area contributed by atoms with E-state index in [0.29, 0.717) is 6.54 Å². The Balaban J connectivity index is 1.87. The third-order valence-corrected chi connectivity index (χ3v) is 3.54. The highest BCUT2D eigenvalue weighted by Gasteiger charge is 2.33. The average Bonchev–Trinajstić information content (AvgIpc) is 3.29. The van der Waals surface area contributed by atoms with Crippen LogP contribution in [0.15, 0.2) is 47.4 Å². The Hall–Kier alpha value is -2.43. The van der Waals surface area contributed by atoms with E-state index in [1.54, 1.807) is 23.1 Å². The Bertz CT molecular complexity index is 722. The molecule has 1 heterocycles. The van der Waals surface area contributed by atoms with Crippen LogP contribution in [0.1, 0.15) is 28.8 Å². The van der Waals surface area contributed by atoms with Gasteiger partial charge in [-0.1, -0.05) is 12.1 Å². The lowest BCUT2D eigenvalue weighted by atomic mass is 10.1. The molecule has 2 aromatic rings. The minimum absolute atomic E-state index is 0.126. The van der Waals surface area contributed by atoms with Gasteiger partial charge in [0.05, 0.1) is 0 Å². The molecule has 5 heteroatoms. The van der Waals surface area contributed by atoms with Gasteiger partial charge in [-0.2, -0.15) is 0 Å². The molecule has 1 amide bonds. The number of carbonyl (C=O) groups excluding carboxylic acids is 1. The molecule has 3 rings (SSSR count). The zero-order chi connectivity index (χ0) is 14.8. The molecular weight excluding hydrogens is 271 g/mol. The van der Waals surface area contributed by atoms with Crippen molar-refractivity contribution >= 4 is 5.91 Å². The van der Waals surface area contributed by atoms with Crippen molar-refractivity contribution < 1.29 is 9.18 Å². The second-order valence-corrected chi connectivity index (χ2v) is 5.21. The van der Waals surface area contributed by atoms with Crippen LogP contribution in [0.2, 0.25) is 0 Å². The summed E-state index contributed by atoms with van der Waals surface area (Å²) in [6, 6.07) is 9.47. The Morgan fingerprint density at radius 3 is 2.76 bits per heavy atom. The van der Waals surface area contributed by atoms with Crippen LogP contribution >= 0.6 is 0 Å². The van der Waals surface area contributed by atoms with Crippen LogP contribution in [0.4, 0.5) is 4.39 Å². The van der Waals surface area contributed by atoms with Gasteiger partial charge in [0, 0.05) is 18.8 Å². The first-order valence-electron chi connectivity index (χ1n) is 6.88. The highest BCUT2D eigenvalue weighted by Crippen LogP contribution is 2.29. The van der Waals surface area contributed by atoms with Crippen molar-refractivity contribution in [3.05, 3.63) is 69.9 Å². The fraction of sp³-hybridized carbons (Fsp3) is 0.250. The number of H-pyrrole nitrogens is 1. The van der Waals surface area contributed by atoms with Gasteiger partial charge in [0.2, 0.25) is 0 Å². The van der Waals surface area contributed by atoms with Crippen molar-refractivity contribution in [3.63, 3.8) is 0 Å². The third kappa shape index (κ3) is 3.02. The van der Waals surface area contributed by atoms with Gasteiger partial charge in [0.1, 0.15) is 11.4 Å². The number of pyridine rings is 1. The van der Waals surface area contributed by atoms with Gasteiger partial charge >= 0.3 is 0 Å². The molecule has 0 radical (unpaired) electrons. The Kier molecular flexibility index (Phi) is 3.56. The molecule has 1 aromatic carbocycles. The van der Waals surface area contributed by atoms with Crippen molar-refractivity contribution in [2.45, 2.75) is 25.4 Å². The van der Waals surface area contributed by atoms with E-state index in [0.717, 1.165) is 18.4 Å². The van der Waals surface area contributed by atoms with Crippen LogP contribution in [0, 0.1) is 5.82 Å².